The molecule has 6 heteroatoms. The van der Waals surface area contributed by atoms with E-state index in [-0.39, 0.29) is 0 Å². The van der Waals surface area contributed by atoms with Gasteiger partial charge in [0.2, 0.25) is 5.95 Å². The number of benzene rings is 1. The lowest BCUT2D eigenvalue weighted by Crippen LogP contribution is -2.34. The average Bonchev–Trinajstić information content (AvgIpc) is 2.70. The van der Waals surface area contributed by atoms with Crippen LogP contribution in [0.3, 0.4) is 0 Å². The third kappa shape index (κ3) is 4.49. The van der Waals surface area contributed by atoms with Gasteiger partial charge < -0.3 is 15.1 Å². The average molecular weight is 367 g/mol. The second-order valence-electron chi connectivity index (χ2n) is 8.15. The summed E-state index contributed by atoms with van der Waals surface area (Å²) in [6.45, 7) is 8.98. The molecule has 0 aliphatic carbocycles. The number of nitrogens with zero attached hydrogens (tertiary/aromatic N) is 5. The van der Waals surface area contributed by atoms with Crippen molar-refractivity contribution in [2.45, 2.75) is 39.5 Å². The van der Waals surface area contributed by atoms with E-state index in [2.05, 4.69) is 68.4 Å². The van der Waals surface area contributed by atoms with Crippen LogP contribution in [-0.2, 0) is 0 Å². The third-order valence-electron chi connectivity index (χ3n) is 5.90. The molecule has 3 heterocycles. The fraction of sp³-hybridized carbons (Fsp3) is 0.571. The number of piperidine rings is 2. The minimum absolute atomic E-state index is 0.728. The molecule has 1 N–H and O–H groups in total. The Morgan fingerprint density at radius 3 is 2.07 bits per heavy atom. The second kappa shape index (κ2) is 8.11. The van der Waals surface area contributed by atoms with Gasteiger partial charge in [0.1, 0.15) is 0 Å². The summed E-state index contributed by atoms with van der Waals surface area (Å²) in [5.74, 6) is 3.12. The molecular formula is C21H30N6. The van der Waals surface area contributed by atoms with E-state index < -0.39 is 0 Å². The summed E-state index contributed by atoms with van der Waals surface area (Å²) < 4.78 is 0. The van der Waals surface area contributed by atoms with Crippen molar-refractivity contribution in [1.82, 2.24) is 15.2 Å². The minimum Gasteiger partial charge on any atom is -0.372 e. The van der Waals surface area contributed by atoms with Gasteiger partial charge in [-0.3, -0.25) is 0 Å². The molecule has 0 amide bonds. The maximum atomic E-state index is 4.67. The first kappa shape index (κ1) is 18.0. The van der Waals surface area contributed by atoms with Crippen molar-refractivity contribution >= 4 is 23.1 Å². The van der Waals surface area contributed by atoms with E-state index in [1.54, 1.807) is 6.20 Å². The fourth-order valence-corrected chi connectivity index (χ4v) is 3.87. The van der Waals surface area contributed by atoms with Crippen LogP contribution in [0.2, 0.25) is 0 Å². The predicted octanol–water partition coefficient (Wildman–Crippen LogP) is 4.09. The van der Waals surface area contributed by atoms with Gasteiger partial charge in [0, 0.05) is 37.6 Å². The van der Waals surface area contributed by atoms with Crippen molar-refractivity contribution in [2.24, 2.45) is 11.8 Å². The maximum absolute atomic E-state index is 4.67. The van der Waals surface area contributed by atoms with Crippen LogP contribution in [0.1, 0.15) is 39.5 Å². The monoisotopic (exact) mass is 366 g/mol. The molecule has 4 rings (SSSR count). The zero-order valence-electron chi connectivity index (χ0n) is 16.4. The van der Waals surface area contributed by atoms with E-state index in [0.717, 1.165) is 55.5 Å². The standard InChI is InChI=1S/C21H30N6/c1-16-7-11-26(12-8-16)19-5-3-18(4-6-19)23-20-15-22-25-21(24-20)27-13-9-17(2)10-14-27/h3-6,15-17H,7-14H2,1-2H3,(H,23,24,25). The van der Waals surface area contributed by atoms with Gasteiger partial charge in [-0.15, -0.1) is 5.10 Å². The number of hydrogen-bond acceptors (Lipinski definition) is 6. The third-order valence-corrected chi connectivity index (χ3v) is 5.90. The number of rotatable bonds is 4. The largest absolute Gasteiger partial charge is 0.372 e. The van der Waals surface area contributed by atoms with E-state index in [9.17, 15) is 0 Å². The zero-order valence-corrected chi connectivity index (χ0v) is 16.4. The molecule has 2 aliphatic heterocycles. The first-order valence-electron chi connectivity index (χ1n) is 10.2. The van der Waals surface area contributed by atoms with Crippen molar-refractivity contribution in [3.05, 3.63) is 30.5 Å². The Morgan fingerprint density at radius 1 is 0.852 bits per heavy atom. The minimum atomic E-state index is 0.728. The lowest BCUT2D eigenvalue weighted by molar-refractivity contribution is 0.433. The Bertz CT molecular complexity index is 731. The first-order chi connectivity index (χ1) is 13.2. The predicted molar refractivity (Wildman–Crippen MR) is 111 cm³/mol. The molecule has 0 spiro atoms. The van der Waals surface area contributed by atoms with Crippen LogP contribution in [0.15, 0.2) is 30.5 Å². The van der Waals surface area contributed by atoms with Gasteiger partial charge in [-0.1, -0.05) is 13.8 Å². The Labute approximate surface area is 162 Å². The molecule has 2 saturated heterocycles. The van der Waals surface area contributed by atoms with Gasteiger partial charge in [0.15, 0.2) is 5.82 Å². The molecule has 0 bridgehead atoms. The van der Waals surface area contributed by atoms with Gasteiger partial charge >= 0.3 is 0 Å². The normalized spacial score (nSPS) is 19.3. The van der Waals surface area contributed by atoms with Gasteiger partial charge in [-0.05, 0) is 61.8 Å². The van der Waals surface area contributed by atoms with E-state index in [1.807, 2.05) is 0 Å². The molecule has 0 radical (unpaired) electrons. The fourth-order valence-electron chi connectivity index (χ4n) is 3.87. The lowest BCUT2D eigenvalue weighted by Gasteiger charge is -2.32. The van der Waals surface area contributed by atoms with E-state index in [0.29, 0.717) is 0 Å². The summed E-state index contributed by atoms with van der Waals surface area (Å²) in [6, 6.07) is 8.63. The number of anilines is 4. The zero-order chi connectivity index (χ0) is 18.6. The lowest BCUT2D eigenvalue weighted by atomic mass is 9.99. The highest BCUT2D eigenvalue weighted by molar-refractivity contribution is 5.61. The second-order valence-corrected chi connectivity index (χ2v) is 8.15. The van der Waals surface area contributed by atoms with Crippen molar-refractivity contribution in [3.8, 4) is 0 Å². The highest BCUT2D eigenvalue weighted by atomic mass is 15.3. The molecule has 144 valence electrons. The molecule has 1 aromatic carbocycles. The van der Waals surface area contributed by atoms with E-state index >= 15 is 0 Å². The van der Waals surface area contributed by atoms with Crippen molar-refractivity contribution in [3.63, 3.8) is 0 Å². The Kier molecular flexibility index (Phi) is 5.41. The van der Waals surface area contributed by atoms with Gasteiger partial charge in [-0.2, -0.15) is 10.1 Å². The number of aromatic nitrogens is 3. The molecule has 0 saturated carbocycles. The van der Waals surface area contributed by atoms with Crippen LogP contribution >= 0.6 is 0 Å². The summed E-state index contributed by atoms with van der Waals surface area (Å²) in [4.78, 5) is 9.38. The molecule has 2 aliphatic rings. The van der Waals surface area contributed by atoms with Crippen LogP contribution < -0.4 is 15.1 Å². The van der Waals surface area contributed by atoms with Crippen LogP contribution in [0, 0.1) is 11.8 Å². The molecule has 27 heavy (non-hydrogen) atoms. The van der Waals surface area contributed by atoms with E-state index in [1.165, 1.54) is 31.4 Å². The highest BCUT2D eigenvalue weighted by Gasteiger charge is 2.19. The summed E-state index contributed by atoms with van der Waals surface area (Å²) in [7, 11) is 0. The molecular weight excluding hydrogens is 336 g/mol. The summed E-state index contributed by atoms with van der Waals surface area (Å²) >= 11 is 0. The SMILES string of the molecule is CC1CCN(c2ccc(Nc3cnnc(N4CCC(C)CC4)n3)cc2)CC1. The molecule has 2 fully saturated rings. The van der Waals surface area contributed by atoms with Crippen molar-refractivity contribution in [1.29, 1.82) is 0 Å². The maximum Gasteiger partial charge on any atom is 0.247 e. The van der Waals surface area contributed by atoms with Crippen LogP contribution in [0.25, 0.3) is 0 Å². The van der Waals surface area contributed by atoms with Gasteiger partial charge in [0.25, 0.3) is 0 Å². The molecule has 2 aromatic rings. The molecule has 1 aromatic heterocycles. The molecule has 0 unspecified atom stereocenters. The molecule has 0 atom stereocenters. The summed E-state index contributed by atoms with van der Waals surface area (Å²) in [6.07, 6.45) is 6.64. The van der Waals surface area contributed by atoms with Crippen LogP contribution in [0.4, 0.5) is 23.1 Å². The van der Waals surface area contributed by atoms with Crippen LogP contribution in [-0.4, -0.2) is 41.4 Å². The Morgan fingerprint density at radius 2 is 1.44 bits per heavy atom. The van der Waals surface area contributed by atoms with Crippen molar-refractivity contribution in [2.75, 3.05) is 41.3 Å². The first-order valence-corrected chi connectivity index (χ1v) is 10.2. The number of hydrogen-bond donors (Lipinski definition) is 1. The van der Waals surface area contributed by atoms with Gasteiger partial charge in [-0.25, -0.2) is 0 Å². The summed E-state index contributed by atoms with van der Waals surface area (Å²) in [5.41, 5.74) is 2.33. The Hall–Kier alpha value is -2.37. The van der Waals surface area contributed by atoms with Gasteiger partial charge in [0.05, 0.1) is 6.20 Å². The highest BCUT2D eigenvalue weighted by Crippen LogP contribution is 2.26. The smallest absolute Gasteiger partial charge is 0.247 e. The topological polar surface area (TPSA) is 57.2 Å². The van der Waals surface area contributed by atoms with Crippen LogP contribution in [0.5, 0.6) is 0 Å². The van der Waals surface area contributed by atoms with Crippen molar-refractivity contribution < 1.29 is 0 Å². The quantitative estimate of drug-likeness (QED) is 0.880. The Balaban J connectivity index is 1.39. The number of nitrogens with one attached hydrogen (secondary N) is 1. The van der Waals surface area contributed by atoms with E-state index in [4.69, 9.17) is 0 Å². The molecule has 6 nitrogen and oxygen atoms in total. The summed E-state index contributed by atoms with van der Waals surface area (Å²) in [5, 5.41) is 11.7.